The number of aldehydes is 1. The molecule has 17 heavy (non-hydrogen) atoms. The van der Waals surface area contributed by atoms with Gasteiger partial charge in [-0.3, -0.25) is 9.48 Å². The van der Waals surface area contributed by atoms with E-state index in [1.165, 1.54) is 0 Å². The molecule has 2 rings (SSSR count). The zero-order valence-electron chi connectivity index (χ0n) is 9.77. The van der Waals surface area contributed by atoms with Gasteiger partial charge >= 0.3 is 0 Å². The van der Waals surface area contributed by atoms with E-state index in [0.29, 0.717) is 12.2 Å². The Labute approximate surface area is 105 Å². The third-order valence-electron chi connectivity index (χ3n) is 2.69. The molecule has 0 aliphatic carbocycles. The molecule has 0 atom stereocenters. The molecule has 4 heteroatoms. The molecule has 0 amide bonds. The molecule has 0 unspecified atom stereocenters. The van der Waals surface area contributed by atoms with Gasteiger partial charge in [0, 0.05) is 17.1 Å². The molecule has 0 aliphatic rings. The quantitative estimate of drug-likeness (QED) is 0.781. The average molecular weight is 249 g/mol. The molecular formula is C13H13ClN2O. The molecule has 1 aromatic carbocycles. The summed E-state index contributed by atoms with van der Waals surface area (Å²) in [4.78, 5) is 10.9. The summed E-state index contributed by atoms with van der Waals surface area (Å²) in [5.41, 5.74) is 3.37. The fourth-order valence-electron chi connectivity index (χ4n) is 1.72. The Morgan fingerprint density at radius 3 is 2.71 bits per heavy atom. The second-order valence-electron chi connectivity index (χ2n) is 3.85. The molecule has 0 saturated heterocycles. The van der Waals surface area contributed by atoms with E-state index < -0.39 is 0 Å². The van der Waals surface area contributed by atoms with Crippen LogP contribution in [0.15, 0.2) is 24.3 Å². The van der Waals surface area contributed by atoms with Crippen molar-refractivity contribution >= 4 is 17.9 Å². The number of aryl methyl sites for hydroxylation is 2. The van der Waals surface area contributed by atoms with E-state index in [1.807, 2.05) is 32.0 Å². The van der Waals surface area contributed by atoms with Gasteiger partial charge in [0.05, 0.1) is 5.69 Å². The van der Waals surface area contributed by atoms with Gasteiger partial charge in [-0.25, -0.2) is 0 Å². The Kier molecular flexibility index (Phi) is 3.29. The summed E-state index contributed by atoms with van der Waals surface area (Å²) in [6.45, 7) is 4.58. The molecule has 0 N–H and O–H groups in total. The van der Waals surface area contributed by atoms with E-state index in [-0.39, 0.29) is 0 Å². The maximum Gasteiger partial charge on any atom is 0.168 e. The highest BCUT2D eigenvalue weighted by molar-refractivity contribution is 6.31. The largest absolute Gasteiger partial charge is 0.296 e. The first-order valence-corrected chi connectivity index (χ1v) is 5.83. The van der Waals surface area contributed by atoms with Gasteiger partial charge < -0.3 is 0 Å². The van der Waals surface area contributed by atoms with E-state index in [2.05, 4.69) is 5.10 Å². The summed E-state index contributed by atoms with van der Waals surface area (Å²) in [7, 11) is 0. The van der Waals surface area contributed by atoms with Crippen LogP contribution < -0.4 is 0 Å². The molecule has 3 nitrogen and oxygen atoms in total. The molecule has 0 radical (unpaired) electrons. The van der Waals surface area contributed by atoms with E-state index in [1.54, 1.807) is 10.7 Å². The molecule has 88 valence electrons. The minimum Gasteiger partial charge on any atom is -0.296 e. The first-order valence-electron chi connectivity index (χ1n) is 5.45. The van der Waals surface area contributed by atoms with E-state index in [4.69, 9.17) is 11.6 Å². The van der Waals surface area contributed by atoms with Crippen LogP contribution in [0.4, 0.5) is 0 Å². The summed E-state index contributed by atoms with van der Waals surface area (Å²) in [6.07, 6.45) is 0.822. The van der Waals surface area contributed by atoms with Crippen LogP contribution in [0.2, 0.25) is 5.02 Å². The Morgan fingerprint density at radius 1 is 1.41 bits per heavy atom. The summed E-state index contributed by atoms with van der Waals surface area (Å²) >= 11 is 5.98. The van der Waals surface area contributed by atoms with Crippen molar-refractivity contribution in [1.82, 2.24) is 9.78 Å². The monoisotopic (exact) mass is 248 g/mol. The lowest BCUT2D eigenvalue weighted by Crippen LogP contribution is -2.00. The predicted octanol–water partition coefficient (Wildman–Crippen LogP) is 3.34. The average Bonchev–Trinajstić information content (AvgIpc) is 2.75. The summed E-state index contributed by atoms with van der Waals surface area (Å²) in [5, 5.41) is 5.12. The van der Waals surface area contributed by atoms with Crippen LogP contribution in [-0.2, 0) is 6.54 Å². The van der Waals surface area contributed by atoms with Crippen molar-refractivity contribution in [2.45, 2.75) is 20.4 Å². The molecule has 1 aromatic heterocycles. The first-order chi connectivity index (χ1) is 8.15. The van der Waals surface area contributed by atoms with Gasteiger partial charge in [0.2, 0.25) is 0 Å². The summed E-state index contributed by atoms with van der Waals surface area (Å²) < 4.78 is 1.69. The van der Waals surface area contributed by atoms with Crippen molar-refractivity contribution in [3.63, 3.8) is 0 Å². The van der Waals surface area contributed by atoms with Crippen LogP contribution in [0.25, 0.3) is 11.3 Å². The highest BCUT2D eigenvalue weighted by Crippen LogP contribution is 2.24. The standard InChI is InChI=1S/C13H13ClN2O/c1-3-16-11(8-17)7-13(15-16)10-4-5-12(14)9(2)6-10/h4-8H,3H2,1-2H3. The molecule has 0 aliphatic heterocycles. The second kappa shape index (κ2) is 4.72. The lowest BCUT2D eigenvalue weighted by atomic mass is 10.1. The number of hydrogen-bond donors (Lipinski definition) is 0. The van der Waals surface area contributed by atoms with Crippen molar-refractivity contribution in [3.8, 4) is 11.3 Å². The number of aromatic nitrogens is 2. The third-order valence-corrected chi connectivity index (χ3v) is 3.11. The number of hydrogen-bond acceptors (Lipinski definition) is 2. The lowest BCUT2D eigenvalue weighted by Gasteiger charge is -2.01. The van der Waals surface area contributed by atoms with Crippen molar-refractivity contribution < 1.29 is 4.79 Å². The number of benzene rings is 1. The minimum absolute atomic E-state index is 0.593. The number of halogens is 1. The van der Waals surface area contributed by atoms with Crippen LogP contribution in [0.5, 0.6) is 0 Å². The fraction of sp³-hybridized carbons (Fsp3) is 0.231. The second-order valence-corrected chi connectivity index (χ2v) is 4.26. The minimum atomic E-state index is 0.593. The molecule has 0 bridgehead atoms. The number of carbonyl (C=O) groups excluding carboxylic acids is 1. The Bertz CT molecular complexity index is 561. The SMILES string of the molecule is CCn1nc(-c2ccc(Cl)c(C)c2)cc1C=O. The van der Waals surface area contributed by atoms with Crippen LogP contribution in [0.3, 0.4) is 0 Å². The molecule has 2 aromatic rings. The first kappa shape index (κ1) is 11.9. The van der Waals surface area contributed by atoms with E-state index >= 15 is 0 Å². The van der Waals surface area contributed by atoms with E-state index in [9.17, 15) is 4.79 Å². The number of rotatable bonds is 3. The highest BCUT2D eigenvalue weighted by Gasteiger charge is 2.08. The van der Waals surface area contributed by atoms with Crippen LogP contribution in [0.1, 0.15) is 23.0 Å². The van der Waals surface area contributed by atoms with Crippen molar-refractivity contribution in [2.24, 2.45) is 0 Å². The van der Waals surface area contributed by atoms with Crippen molar-refractivity contribution in [2.75, 3.05) is 0 Å². The zero-order chi connectivity index (χ0) is 12.4. The predicted molar refractivity (Wildman–Crippen MR) is 68.5 cm³/mol. The lowest BCUT2D eigenvalue weighted by molar-refractivity contribution is 0.111. The molecule has 0 saturated carbocycles. The zero-order valence-corrected chi connectivity index (χ0v) is 10.5. The van der Waals surface area contributed by atoms with Crippen molar-refractivity contribution in [3.05, 3.63) is 40.5 Å². The Hall–Kier alpha value is -1.61. The van der Waals surface area contributed by atoms with Gasteiger partial charge in [0.25, 0.3) is 0 Å². The maximum atomic E-state index is 10.9. The van der Waals surface area contributed by atoms with Gasteiger partial charge in [0.1, 0.15) is 5.69 Å². The topological polar surface area (TPSA) is 34.9 Å². The highest BCUT2D eigenvalue weighted by atomic mass is 35.5. The molecule has 0 fully saturated rings. The van der Waals surface area contributed by atoms with Gasteiger partial charge in [-0.15, -0.1) is 0 Å². The summed E-state index contributed by atoms with van der Waals surface area (Å²) in [5.74, 6) is 0. The Balaban J connectivity index is 2.49. The normalized spacial score (nSPS) is 10.5. The molecular weight excluding hydrogens is 236 g/mol. The number of carbonyl (C=O) groups is 1. The van der Waals surface area contributed by atoms with Crippen molar-refractivity contribution in [1.29, 1.82) is 0 Å². The van der Waals surface area contributed by atoms with Gasteiger partial charge in [-0.2, -0.15) is 5.10 Å². The third kappa shape index (κ3) is 2.24. The van der Waals surface area contributed by atoms with Gasteiger partial charge in [0.15, 0.2) is 6.29 Å². The van der Waals surface area contributed by atoms with Gasteiger partial charge in [-0.1, -0.05) is 17.7 Å². The van der Waals surface area contributed by atoms with E-state index in [0.717, 1.165) is 28.1 Å². The smallest absolute Gasteiger partial charge is 0.168 e. The van der Waals surface area contributed by atoms with Crippen LogP contribution >= 0.6 is 11.6 Å². The number of nitrogens with zero attached hydrogens (tertiary/aromatic N) is 2. The van der Waals surface area contributed by atoms with Crippen LogP contribution in [-0.4, -0.2) is 16.1 Å². The van der Waals surface area contributed by atoms with Gasteiger partial charge in [-0.05, 0) is 37.6 Å². The van der Waals surface area contributed by atoms with Crippen LogP contribution in [0, 0.1) is 6.92 Å². The Morgan fingerprint density at radius 2 is 2.18 bits per heavy atom. The summed E-state index contributed by atoms with van der Waals surface area (Å²) in [6, 6.07) is 7.52. The molecule has 1 heterocycles. The molecule has 0 spiro atoms. The maximum absolute atomic E-state index is 10.9. The fourth-order valence-corrected chi connectivity index (χ4v) is 1.84.